The smallest absolute Gasteiger partial charge is 0.276 e. The van der Waals surface area contributed by atoms with Gasteiger partial charge in [0, 0.05) is 14.2 Å². The van der Waals surface area contributed by atoms with Crippen LogP contribution in [0.4, 0.5) is 0 Å². The first-order valence-corrected chi connectivity index (χ1v) is 3.74. The highest BCUT2D eigenvalue weighted by Crippen LogP contribution is 2.43. The van der Waals surface area contributed by atoms with Gasteiger partial charge in [-0.3, -0.25) is 0 Å². The van der Waals surface area contributed by atoms with Crippen molar-refractivity contribution >= 4 is 46.4 Å². The Hall–Kier alpha value is 1.08. The van der Waals surface area contributed by atoms with E-state index in [0.29, 0.717) is 0 Å². The first-order valence-electron chi connectivity index (χ1n) is 2.23. The number of methoxy groups -OCH3 is 2. The van der Waals surface area contributed by atoms with Gasteiger partial charge in [-0.1, -0.05) is 46.4 Å². The lowest BCUT2D eigenvalue weighted by atomic mass is 10.7. The predicted octanol–water partition coefficient (Wildman–Crippen LogP) is 2.54. The SMILES string of the molecule is COC(Cl)(Cl)C(Cl)(Cl)OC. The first kappa shape index (κ1) is 11.1. The van der Waals surface area contributed by atoms with Gasteiger partial charge in [-0.05, 0) is 0 Å². The Bertz CT molecular complexity index is 99.8. The molecule has 0 fully saturated rings. The zero-order chi connectivity index (χ0) is 8.41. The maximum Gasteiger partial charge on any atom is 0.276 e. The molecule has 0 radical (unpaired) electrons. The summed E-state index contributed by atoms with van der Waals surface area (Å²) in [6.07, 6.45) is 0. The highest BCUT2D eigenvalue weighted by Gasteiger charge is 2.48. The first-order chi connectivity index (χ1) is 4.37. The van der Waals surface area contributed by atoms with Gasteiger partial charge >= 0.3 is 0 Å². The van der Waals surface area contributed by atoms with E-state index in [1.54, 1.807) is 0 Å². The van der Waals surface area contributed by atoms with Crippen molar-refractivity contribution in [1.29, 1.82) is 0 Å². The number of ether oxygens (including phenoxy) is 2. The Kier molecular flexibility index (Phi) is 4.05. The average molecular weight is 228 g/mol. The molecule has 0 rings (SSSR count). The van der Waals surface area contributed by atoms with Gasteiger partial charge in [0.2, 0.25) is 0 Å². The monoisotopic (exact) mass is 226 g/mol. The molecule has 2 nitrogen and oxygen atoms in total. The summed E-state index contributed by atoms with van der Waals surface area (Å²) in [6, 6.07) is 0. The van der Waals surface area contributed by atoms with Crippen molar-refractivity contribution in [3.8, 4) is 0 Å². The molecule has 0 spiro atoms. The minimum atomic E-state index is -1.76. The summed E-state index contributed by atoms with van der Waals surface area (Å²) in [6.45, 7) is 0. The van der Waals surface area contributed by atoms with Crippen LogP contribution in [-0.4, -0.2) is 23.3 Å². The summed E-state index contributed by atoms with van der Waals surface area (Å²) >= 11 is 21.9. The van der Waals surface area contributed by atoms with Crippen LogP contribution in [0.5, 0.6) is 0 Å². The Morgan fingerprint density at radius 3 is 1.10 bits per heavy atom. The Labute approximate surface area is 79.3 Å². The molecule has 0 saturated heterocycles. The highest BCUT2D eigenvalue weighted by atomic mass is 35.5. The van der Waals surface area contributed by atoms with Gasteiger partial charge in [0.25, 0.3) is 9.04 Å². The number of rotatable bonds is 3. The van der Waals surface area contributed by atoms with E-state index in [1.807, 2.05) is 0 Å². The molecular formula is C4H6Cl4O2. The molecule has 0 aromatic heterocycles. The highest BCUT2D eigenvalue weighted by molar-refractivity contribution is 6.60. The van der Waals surface area contributed by atoms with E-state index in [0.717, 1.165) is 0 Å². The summed E-state index contributed by atoms with van der Waals surface area (Å²) in [5.74, 6) is 0. The number of alkyl halides is 4. The average Bonchev–Trinajstić information content (AvgIpc) is 1.88. The Balaban J connectivity index is 4.28. The van der Waals surface area contributed by atoms with Gasteiger partial charge in [0.1, 0.15) is 0 Å². The summed E-state index contributed by atoms with van der Waals surface area (Å²) in [5, 5.41) is 0. The fraction of sp³-hybridized carbons (Fsp3) is 1.00. The second kappa shape index (κ2) is 3.65. The van der Waals surface area contributed by atoms with Gasteiger partial charge in [0.05, 0.1) is 0 Å². The molecule has 0 N–H and O–H groups in total. The minimum absolute atomic E-state index is 1.26. The van der Waals surface area contributed by atoms with Gasteiger partial charge < -0.3 is 9.47 Å². The van der Waals surface area contributed by atoms with Crippen LogP contribution in [-0.2, 0) is 9.47 Å². The van der Waals surface area contributed by atoms with E-state index in [2.05, 4.69) is 9.47 Å². The third-order valence-electron chi connectivity index (χ3n) is 0.852. The molecule has 0 aliphatic carbocycles. The molecule has 6 heteroatoms. The van der Waals surface area contributed by atoms with E-state index in [9.17, 15) is 0 Å². The lowest BCUT2D eigenvalue weighted by Crippen LogP contribution is -2.39. The molecule has 0 atom stereocenters. The Morgan fingerprint density at radius 2 is 1.00 bits per heavy atom. The molecule has 0 saturated carbocycles. The van der Waals surface area contributed by atoms with Gasteiger partial charge in [-0.2, -0.15) is 0 Å². The molecule has 0 bridgehead atoms. The normalized spacial score (nSPS) is 13.8. The topological polar surface area (TPSA) is 18.5 Å². The van der Waals surface area contributed by atoms with Crippen molar-refractivity contribution in [3.05, 3.63) is 0 Å². The van der Waals surface area contributed by atoms with Crippen LogP contribution >= 0.6 is 46.4 Å². The second-order valence-corrected chi connectivity index (χ2v) is 3.96. The number of hydrogen-bond acceptors (Lipinski definition) is 2. The van der Waals surface area contributed by atoms with Crippen molar-refractivity contribution in [2.45, 2.75) is 9.04 Å². The molecule has 62 valence electrons. The van der Waals surface area contributed by atoms with Crippen molar-refractivity contribution in [1.82, 2.24) is 0 Å². The van der Waals surface area contributed by atoms with Crippen LogP contribution in [0.1, 0.15) is 0 Å². The quantitative estimate of drug-likeness (QED) is 0.691. The second-order valence-electron chi connectivity index (χ2n) is 1.44. The van der Waals surface area contributed by atoms with Crippen LogP contribution in [0.15, 0.2) is 0 Å². The molecule has 0 aliphatic rings. The zero-order valence-electron chi connectivity index (χ0n) is 5.33. The predicted molar refractivity (Wildman–Crippen MR) is 42.9 cm³/mol. The summed E-state index contributed by atoms with van der Waals surface area (Å²) in [4.78, 5) is 0. The summed E-state index contributed by atoms with van der Waals surface area (Å²) in [7, 11) is 2.52. The van der Waals surface area contributed by atoms with Crippen LogP contribution in [0.2, 0.25) is 0 Å². The third kappa shape index (κ3) is 2.29. The maximum absolute atomic E-state index is 5.47. The molecule has 0 aliphatic heterocycles. The Morgan fingerprint density at radius 1 is 0.800 bits per heavy atom. The van der Waals surface area contributed by atoms with Crippen molar-refractivity contribution in [2.24, 2.45) is 0 Å². The molecule has 0 aromatic rings. The van der Waals surface area contributed by atoms with E-state index < -0.39 is 9.04 Å². The molecule has 0 amide bonds. The zero-order valence-corrected chi connectivity index (χ0v) is 8.35. The summed E-state index contributed by atoms with van der Waals surface area (Å²) < 4.78 is 5.55. The van der Waals surface area contributed by atoms with E-state index in [1.165, 1.54) is 14.2 Å². The molecular weight excluding hydrogens is 222 g/mol. The van der Waals surface area contributed by atoms with Crippen LogP contribution in [0.25, 0.3) is 0 Å². The van der Waals surface area contributed by atoms with Crippen molar-refractivity contribution in [3.63, 3.8) is 0 Å². The number of halogens is 4. The lowest BCUT2D eigenvalue weighted by molar-refractivity contribution is 0.00198. The molecule has 0 unspecified atom stereocenters. The van der Waals surface area contributed by atoms with Crippen molar-refractivity contribution in [2.75, 3.05) is 14.2 Å². The molecule has 0 aromatic carbocycles. The fourth-order valence-corrected chi connectivity index (χ4v) is 0.546. The molecule has 0 heterocycles. The van der Waals surface area contributed by atoms with Crippen LogP contribution in [0.3, 0.4) is 0 Å². The van der Waals surface area contributed by atoms with Gasteiger partial charge in [-0.25, -0.2) is 0 Å². The van der Waals surface area contributed by atoms with E-state index in [-0.39, 0.29) is 0 Å². The van der Waals surface area contributed by atoms with Gasteiger partial charge in [0.15, 0.2) is 0 Å². The van der Waals surface area contributed by atoms with Crippen LogP contribution < -0.4 is 0 Å². The van der Waals surface area contributed by atoms with E-state index >= 15 is 0 Å². The third-order valence-corrected chi connectivity index (χ3v) is 2.92. The van der Waals surface area contributed by atoms with Crippen LogP contribution in [0, 0.1) is 0 Å². The number of hydrogen-bond donors (Lipinski definition) is 0. The minimum Gasteiger partial charge on any atom is -0.346 e. The standard InChI is InChI=1S/C4H6Cl4O2/c1-9-3(5,6)4(7,8)10-2/h1-2H3. The lowest BCUT2D eigenvalue weighted by Gasteiger charge is -2.28. The van der Waals surface area contributed by atoms with E-state index in [4.69, 9.17) is 46.4 Å². The van der Waals surface area contributed by atoms with Crippen molar-refractivity contribution < 1.29 is 9.47 Å². The molecule has 10 heavy (non-hydrogen) atoms. The summed E-state index contributed by atoms with van der Waals surface area (Å²) in [5.41, 5.74) is 0. The fourth-order valence-electron chi connectivity index (χ4n) is 0.238. The largest absolute Gasteiger partial charge is 0.346 e. The maximum atomic E-state index is 5.47. The van der Waals surface area contributed by atoms with Gasteiger partial charge in [-0.15, -0.1) is 0 Å².